The van der Waals surface area contributed by atoms with E-state index in [1.807, 2.05) is 32.0 Å². The van der Waals surface area contributed by atoms with E-state index in [-0.39, 0.29) is 11.9 Å². The Morgan fingerprint density at radius 3 is 2.84 bits per heavy atom. The zero-order valence-electron chi connectivity index (χ0n) is 14.3. The Balaban J connectivity index is 1.66. The molecule has 25 heavy (non-hydrogen) atoms. The van der Waals surface area contributed by atoms with E-state index >= 15 is 0 Å². The van der Waals surface area contributed by atoms with E-state index in [9.17, 15) is 4.79 Å². The van der Waals surface area contributed by atoms with Gasteiger partial charge < -0.3 is 0 Å². The number of carbonyl (C=O) groups excluding carboxylic acids is 1. The summed E-state index contributed by atoms with van der Waals surface area (Å²) in [5, 5.41) is 11.3. The van der Waals surface area contributed by atoms with Crippen molar-refractivity contribution in [1.82, 2.24) is 24.5 Å². The summed E-state index contributed by atoms with van der Waals surface area (Å²) in [6, 6.07) is 7.73. The first-order valence-corrected chi connectivity index (χ1v) is 8.69. The van der Waals surface area contributed by atoms with Crippen LogP contribution in [0.4, 0.5) is 5.95 Å². The number of halogens is 1. The number of rotatable bonds is 5. The quantitative estimate of drug-likeness (QED) is 0.710. The Kier molecular flexibility index (Phi) is 4.98. The summed E-state index contributed by atoms with van der Waals surface area (Å²) in [6.07, 6.45) is 3.28. The molecule has 1 unspecified atom stereocenters. The molecule has 0 saturated carbocycles. The maximum atomic E-state index is 12.4. The number of amides is 1. The highest BCUT2D eigenvalue weighted by molar-refractivity contribution is 9.10. The summed E-state index contributed by atoms with van der Waals surface area (Å²) >= 11 is 3.40. The third kappa shape index (κ3) is 3.96. The molecule has 0 fully saturated rings. The number of hydrogen-bond donors (Lipinski definition) is 1. The van der Waals surface area contributed by atoms with Gasteiger partial charge in [0.15, 0.2) is 0 Å². The van der Waals surface area contributed by atoms with Gasteiger partial charge in [0.05, 0.1) is 22.9 Å². The van der Waals surface area contributed by atoms with E-state index in [1.54, 1.807) is 28.8 Å². The normalized spacial score (nSPS) is 12.2. The number of benzene rings is 1. The van der Waals surface area contributed by atoms with Crippen LogP contribution in [-0.4, -0.2) is 30.5 Å². The molecule has 1 N–H and O–H groups in total. The molecule has 1 aromatic carbocycles. The second-order valence-corrected chi connectivity index (χ2v) is 6.80. The van der Waals surface area contributed by atoms with Crippen molar-refractivity contribution in [2.24, 2.45) is 0 Å². The predicted molar refractivity (Wildman–Crippen MR) is 98.3 cm³/mol. The zero-order chi connectivity index (χ0) is 18.0. The highest BCUT2D eigenvalue weighted by Gasteiger charge is 2.19. The predicted octanol–water partition coefficient (Wildman–Crippen LogP) is 3.10. The van der Waals surface area contributed by atoms with Crippen LogP contribution in [0.15, 0.2) is 41.3 Å². The first-order chi connectivity index (χ1) is 11.9. The maximum Gasteiger partial charge on any atom is 0.251 e. The maximum absolute atomic E-state index is 12.4. The lowest BCUT2D eigenvalue weighted by Crippen LogP contribution is -2.25. The summed E-state index contributed by atoms with van der Waals surface area (Å²) < 4.78 is 4.22. The van der Waals surface area contributed by atoms with Gasteiger partial charge in [-0.2, -0.15) is 5.10 Å². The molecular weight excluding hydrogens is 384 g/mol. The van der Waals surface area contributed by atoms with E-state index in [0.717, 1.165) is 15.7 Å². The Bertz CT molecular complexity index is 900. The summed E-state index contributed by atoms with van der Waals surface area (Å²) in [7, 11) is 0. The molecule has 7 nitrogen and oxygen atoms in total. The van der Waals surface area contributed by atoms with Crippen molar-refractivity contribution >= 4 is 27.8 Å². The van der Waals surface area contributed by atoms with Crippen LogP contribution in [0.25, 0.3) is 0 Å². The van der Waals surface area contributed by atoms with Gasteiger partial charge >= 0.3 is 0 Å². The largest absolute Gasteiger partial charge is 0.291 e. The molecule has 3 rings (SSSR count). The first-order valence-electron chi connectivity index (χ1n) is 7.89. The van der Waals surface area contributed by atoms with Crippen LogP contribution in [0, 0.1) is 13.8 Å². The van der Waals surface area contributed by atoms with Crippen molar-refractivity contribution in [1.29, 1.82) is 0 Å². The smallest absolute Gasteiger partial charge is 0.251 e. The van der Waals surface area contributed by atoms with Gasteiger partial charge in [-0.1, -0.05) is 29.8 Å². The highest BCUT2D eigenvalue weighted by atomic mass is 79.9. The van der Waals surface area contributed by atoms with Crippen LogP contribution in [0.1, 0.15) is 29.8 Å². The van der Waals surface area contributed by atoms with Gasteiger partial charge in [0.2, 0.25) is 5.95 Å². The fourth-order valence-corrected chi connectivity index (χ4v) is 2.82. The summed E-state index contributed by atoms with van der Waals surface area (Å²) in [4.78, 5) is 16.6. The molecule has 1 atom stereocenters. The number of anilines is 1. The van der Waals surface area contributed by atoms with E-state index in [4.69, 9.17) is 0 Å². The van der Waals surface area contributed by atoms with Gasteiger partial charge in [-0.05, 0) is 42.3 Å². The molecule has 0 saturated heterocycles. The second-order valence-electron chi connectivity index (χ2n) is 5.94. The minimum atomic E-state index is -0.463. The highest BCUT2D eigenvalue weighted by Crippen LogP contribution is 2.19. The topological polar surface area (TPSA) is 77.6 Å². The number of nitrogens with one attached hydrogen (secondary N) is 1. The number of aryl methyl sites for hydroxylation is 1. The zero-order valence-corrected chi connectivity index (χ0v) is 15.9. The summed E-state index contributed by atoms with van der Waals surface area (Å²) in [5.74, 6) is 0.0698. The van der Waals surface area contributed by atoms with Gasteiger partial charge in [-0.3, -0.25) is 14.8 Å². The average molecular weight is 403 g/mol. The van der Waals surface area contributed by atoms with Crippen LogP contribution in [0.3, 0.4) is 0 Å². The lowest BCUT2D eigenvalue weighted by atomic mass is 10.1. The van der Waals surface area contributed by atoms with Crippen molar-refractivity contribution in [3.8, 4) is 0 Å². The molecule has 0 aliphatic rings. The van der Waals surface area contributed by atoms with Gasteiger partial charge in [-0.15, -0.1) is 5.10 Å². The molecule has 3 aromatic rings. The Morgan fingerprint density at radius 1 is 1.36 bits per heavy atom. The summed E-state index contributed by atoms with van der Waals surface area (Å²) in [6.45, 7) is 6.33. The fraction of sp³-hybridized carbons (Fsp3) is 0.294. The lowest BCUT2D eigenvalue weighted by molar-refractivity contribution is -0.119. The van der Waals surface area contributed by atoms with Crippen molar-refractivity contribution < 1.29 is 4.79 Å². The lowest BCUT2D eigenvalue weighted by Gasteiger charge is -2.13. The van der Waals surface area contributed by atoms with E-state index in [1.165, 1.54) is 5.56 Å². The third-order valence-electron chi connectivity index (χ3n) is 3.93. The molecule has 0 radical (unpaired) electrons. The molecular formula is C17H19BrN6O. The molecule has 2 heterocycles. The Morgan fingerprint density at radius 2 is 2.16 bits per heavy atom. The molecule has 0 aliphatic heterocycles. The molecule has 1 amide bonds. The molecule has 0 bridgehead atoms. The minimum Gasteiger partial charge on any atom is -0.291 e. The SMILES string of the molecule is Cc1cccc(Cn2cnc(NC(=O)C(C)n3ncc(Br)c3C)n2)c1. The van der Waals surface area contributed by atoms with Crippen LogP contribution in [0.2, 0.25) is 0 Å². The van der Waals surface area contributed by atoms with Crippen LogP contribution < -0.4 is 5.32 Å². The van der Waals surface area contributed by atoms with Gasteiger partial charge in [-0.25, -0.2) is 9.67 Å². The summed E-state index contributed by atoms with van der Waals surface area (Å²) in [5.41, 5.74) is 3.22. The van der Waals surface area contributed by atoms with Gasteiger partial charge in [0, 0.05) is 0 Å². The van der Waals surface area contributed by atoms with Crippen LogP contribution in [0.5, 0.6) is 0 Å². The number of aromatic nitrogens is 5. The van der Waals surface area contributed by atoms with E-state index < -0.39 is 6.04 Å². The molecule has 0 aliphatic carbocycles. The number of nitrogens with zero attached hydrogens (tertiary/aromatic N) is 5. The molecule has 8 heteroatoms. The number of carbonyl (C=O) groups is 1. The molecule has 0 spiro atoms. The number of hydrogen-bond acceptors (Lipinski definition) is 4. The van der Waals surface area contributed by atoms with Gasteiger partial charge in [0.25, 0.3) is 5.91 Å². The average Bonchev–Trinajstić information content (AvgIpc) is 3.14. The van der Waals surface area contributed by atoms with Crippen LogP contribution >= 0.6 is 15.9 Å². The standard InChI is InChI=1S/C17H19BrN6O/c1-11-5-4-6-14(7-11)9-23-10-19-17(22-23)21-16(25)13(3)24-12(2)15(18)8-20-24/h4-8,10,13H,9H2,1-3H3,(H,21,22,25). The molecule has 2 aromatic heterocycles. The fourth-order valence-electron chi connectivity index (χ4n) is 2.54. The Hall–Kier alpha value is -2.48. The second kappa shape index (κ2) is 7.18. The van der Waals surface area contributed by atoms with E-state index in [0.29, 0.717) is 6.54 Å². The minimum absolute atomic E-state index is 0.216. The first kappa shape index (κ1) is 17.3. The van der Waals surface area contributed by atoms with Crippen molar-refractivity contribution in [2.45, 2.75) is 33.4 Å². The van der Waals surface area contributed by atoms with Crippen molar-refractivity contribution in [3.05, 3.63) is 58.1 Å². The van der Waals surface area contributed by atoms with Gasteiger partial charge in [0.1, 0.15) is 12.4 Å². The Labute approximate surface area is 154 Å². The van der Waals surface area contributed by atoms with Crippen molar-refractivity contribution in [3.63, 3.8) is 0 Å². The van der Waals surface area contributed by atoms with E-state index in [2.05, 4.69) is 42.5 Å². The molecule has 130 valence electrons. The van der Waals surface area contributed by atoms with Crippen LogP contribution in [-0.2, 0) is 11.3 Å². The van der Waals surface area contributed by atoms with Crippen molar-refractivity contribution in [2.75, 3.05) is 5.32 Å². The third-order valence-corrected chi connectivity index (χ3v) is 4.71. The monoisotopic (exact) mass is 402 g/mol.